The molecule has 31 heavy (non-hydrogen) atoms. The second-order valence-electron chi connectivity index (χ2n) is 9.06. The van der Waals surface area contributed by atoms with Crippen molar-refractivity contribution < 1.29 is 24.5 Å². The zero-order valence-corrected chi connectivity index (χ0v) is 18.0. The number of nitrogens with one attached hydrogen (secondary N) is 1. The largest absolute Gasteiger partial charge is 0.390 e. The van der Waals surface area contributed by atoms with Crippen molar-refractivity contribution in [1.82, 2.24) is 5.32 Å². The summed E-state index contributed by atoms with van der Waals surface area (Å²) in [5, 5.41) is 24.4. The van der Waals surface area contributed by atoms with Crippen molar-refractivity contribution in [3.05, 3.63) is 71.8 Å². The number of carbonyl (C=O) groups excluding carboxylic acids is 1. The minimum atomic E-state index is -1.68. The summed E-state index contributed by atoms with van der Waals surface area (Å²) in [5.41, 5.74) is 0.673. The molecule has 0 radical (unpaired) electrons. The average molecular weight is 426 g/mol. The van der Waals surface area contributed by atoms with Gasteiger partial charge in [-0.15, -0.1) is 0 Å². The number of aliphatic hydroxyl groups excluding tert-OH is 1. The Kier molecular flexibility index (Phi) is 6.17. The molecule has 2 fully saturated rings. The third kappa shape index (κ3) is 4.83. The molecule has 166 valence electrons. The molecule has 2 aromatic carbocycles. The van der Waals surface area contributed by atoms with E-state index in [-0.39, 0.29) is 18.8 Å². The van der Waals surface area contributed by atoms with E-state index in [1.54, 1.807) is 13.8 Å². The van der Waals surface area contributed by atoms with Crippen LogP contribution in [-0.2, 0) is 14.3 Å². The van der Waals surface area contributed by atoms with Gasteiger partial charge in [0.1, 0.15) is 11.7 Å². The molecule has 4 atom stereocenters. The van der Waals surface area contributed by atoms with E-state index in [9.17, 15) is 15.0 Å². The summed E-state index contributed by atoms with van der Waals surface area (Å²) >= 11 is 0. The van der Waals surface area contributed by atoms with E-state index < -0.39 is 35.6 Å². The van der Waals surface area contributed by atoms with Crippen LogP contribution in [0.4, 0.5) is 0 Å². The van der Waals surface area contributed by atoms with Crippen molar-refractivity contribution >= 4 is 5.91 Å². The summed E-state index contributed by atoms with van der Waals surface area (Å²) in [6.45, 7) is 3.94. The monoisotopic (exact) mass is 425 g/mol. The van der Waals surface area contributed by atoms with E-state index in [1.807, 2.05) is 36.4 Å². The zero-order chi connectivity index (χ0) is 22.1. The van der Waals surface area contributed by atoms with E-state index in [4.69, 9.17) is 9.47 Å². The van der Waals surface area contributed by atoms with Crippen molar-refractivity contribution in [2.45, 2.75) is 68.7 Å². The number of hydrogen-bond donors (Lipinski definition) is 3. The minimum Gasteiger partial charge on any atom is -0.390 e. The highest BCUT2D eigenvalue weighted by atomic mass is 16.8. The van der Waals surface area contributed by atoms with Crippen LogP contribution in [0.15, 0.2) is 60.7 Å². The highest BCUT2D eigenvalue weighted by Gasteiger charge is 2.55. The van der Waals surface area contributed by atoms with Crippen LogP contribution >= 0.6 is 0 Å². The van der Waals surface area contributed by atoms with E-state index in [0.29, 0.717) is 13.0 Å². The highest BCUT2D eigenvalue weighted by Crippen LogP contribution is 2.41. The van der Waals surface area contributed by atoms with Crippen LogP contribution in [0.5, 0.6) is 0 Å². The molecule has 1 saturated heterocycles. The lowest BCUT2D eigenvalue weighted by Crippen LogP contribution is -2.58. The smallest absolute Gasteiger partial charge is 0.252 e. The molecule has 4 rings (SSSR count). The highest BCUT2D eigenvalue weighted by molar-refractivity contribution is 5.85. The van der Waals surface area contributed by atoms with Crippen LogP contribution < -0.4 is 5.32 Å². The molecule has 0 spiro atoms. The second kappa shape index (κ2) is 8.71. The third-order valence-corrected chi connectivity index (χ3v) is 6.23. The van der Waals surface area contributed by atoms with Gasteiger partial charge in [-0.2, -0.15) is 0 Å². The summed E-state index contributed by atoms with van der Waals surface area (Å²) in [7, 11) is 0. The standard InChI is InChI=1S/C25H31NO5/c1-24(2)30-21-16-25(29,15-20(27)22(21)31-24)23(28)26-14-13-19(17-9-5-3-6-10-17)18-11-7-4-8-12-18/h3-12,19-22,27,29H,13-16H2,1-2H3,(H,26,28)/t20-,21-,22+,25-/m1/s1. The van der Waals surface area contributed by atoms with E-state index >= 15 is 0 Å². The van der Waals surface area contributed by atoms with Crippen LogP contribution in [0, 0.1) is 0 Å². The van der Waals surface area contributed by atoms with Gasteiger partial charge < -0.3 is 25.0 Å². The summed E-state index contributed by atoms with van der Waals surface area (Å²) < 4.78 is 11.5. The summed E-state index contributed by atoms with van der Waals surface area (Å²) in [4.78, 5) is 12.9. The van der Waals surface area contributed by atoms with Gasteiger partial charge in [-0.3, -0.25) is 4.79 Å². The number of aliphatic hydroxyl groups is 2. The van der Waals surface area contributed by atoms with Crippen LogP contribution in [0.1, 0.15) is 50.2 Å². The van der Waals surface area contributed by atoms with Crippen LogP contribution in [-0.4, -0.2) is 52.4 Å². The molecule has 6 heteroatoms. The number of rotatable bonds is 6. The normalized spacial score (nSPS) is 29.5. The lowest BCUT2D eigenvalue weighted by Gasteiger charge is -2.38. The number of fused-ring (bicyclic) bond motifs is 1. The fourth-order valence-electron chi connectivity index (χ4n) is 4.80. The van der Waals surface area contributed by atoms with Crippen molar-refractivity contribution in [3.63, 3.8) is 0 Å². The molecule has 0 bridgehead atoms. The predicted molar refractivity (Wildman–Crippen MR) is 116 cm³/mol. The lowest BCUT2D eigenvalue weighted by molar-refractivity contribution is -0.158. The van der Waals surface area contributed by atoms with Gasteiger partial charge in [-0.25, -0.2) is 0 Å². The molecule has 1 amide bonds. The van der Waals surface area contributed by atoms with E-state index in [1.165, 1.54) is 11.1 Å². The van der Waals surface area contributed by atoms with Gasteiger partial charge in [0.15, 0.2) is 5.79 Å². The first kappa shape index (κ1) is 22.0. The van der Waals surface area contributed by atoms with Gasteiger partial charge in [-0.1, -0.05) is 60.7 Å². The van der Waals surface area contributed by atoms with Crippen molar-refractivity contribution in [2.24, 2.45) is 0 Å². The summed E-state index contributed by atoms with van der Waals surface area (Å²) in [5.74, 6) is -1.18. The van der Waals surface area contributed by atoms with Crippen LogP contribution in [0.25, 0.3) is 0 Å². The zero-order valence-electron chi connectivity index (χ0n) is 18.0. The van der Waals surface area contributed by atoms with Crippen molar-refractivity contribution in [3.8, 4) is 0 Å². The first-order valence-electron chi connectivity index (χ1n) is 10.9. The molecule has 3 N–H and O–H groups in total. The molecule has 0 aromatic heterocycles. The molecule has 0 unspecified atom stereocenters. The Labute approximate surface area is 183 Å². The lowest BCUT2D eigenvalue weighted by atomic mass is 9.79. The maximum absolute atomic E-state index is 12.9. The average Bonchev–Trinajstić information content (AvgIpc) is 3.06. The molecule has 1 aliphatic carbocycles. The number of hydrogen-bond acceptors (Lipinski definition) is 5. The Morgan fingerprint density at radius 1 is 1.03 bits per heavy atom. The van der Waals surface area contributed by atoms with Crippen LogP contribution in [0.3, 0.4) is 0 Å². The van der Waals surface area contributed by atoms with Gasteiger partial charge in [0.25, 0.3) is 5.91 Å². The second-order valence-corrected chi connectivity index (χ2v) is 9.06. The minimum absolute atomic E-state index is 0.0692. The maximum Gasteiger partial charge on any atom is 0.252 e. The Hall–Kier alpha value is -2.25. The van der Waals surface area contributed by atoms with E-state index in [0.717, 1.165) is 0 Å². The first-order valence-corrected chi connectivity index (χ1v) is 10.9. The molecule has 1 aliphatic heterocycles. The number of ether oxygens (including phenoxy) is 2. The van der Waals surface area contributed by atoms with Gasteiger partial charge in [0, 0.05) is 25.3 Å². The van der Waals surface area contributed by atoms with Gasteiger partial charge in [-0.05, 0) is 31.4 Å². The summed E-state index contributed by atoms with van der Waals surface area (Å²) in [6, 6.07) is 20.4. The Morgan fingerprint density at radius 2 is 1.61 bits per heavy atom. The van der Waals surface area contributed by atoms with Crippen molar-refractivity contribution in [1.29, 1.82) is 0 Å². The molecule has 2 aromatic rings. The fourth-order valence-corrected chi connectivity index (χ4v) is 4.80. The Balaban J connectivity index is 1.41. The van der Waals surface area contributed by atoms with Crippen molar-refractivity contribution in [2.75, 3.05) is 6.54 Å². The summed E-state index contributed by atoms with van der Waals surface area (Å²) in [6.07, 6.45) is -1.28. The quantitative estimate of drug-likeness (QED) is 0.662. The molecular formula is C25H31NO5. The molecule has 1 heterocycles. The van der Waals surface area contributed by atoms with Gasteiger partial charge in [0.2, 0.25) is 0 Å². The number of benzene rings is 2. The van der Waals surface area contributed by atoms with Gasteiger partial charge in [0.05, 0.1) is 12.2 Å². The van der Waals surface area contributed by atoms with Crippen LogP contribution in [0.2, 0.25) is 0 Å². The number of amides is 1. The molecule has 6 nitrogen and oxygen atoms in total. The maximum atomic E-state index is 12.9. The topological polar surface area (TPSA) is 88.0 Å². The van der Waals surface area contributed by atoms with E-state index in [2.05, 4.69) is 29.6 Å². The predicted octanol–water partition coefficient (Wildman–Crippen LogP) is 2.73. The molecule has 1 saturated carbocycles. The first-order chi connectivity index (χ1) is 14.8. The SMILES string of the molecule is CC1(C)O[C@H]2[C@H](O)C[C@](O)(C(=O)NCCC(c3ccccc3)c3ccccc3)C[C@H]2O1. The molecule has 2 aliphatic rings. The number of carbonyl (C=O) groups is 1. The fraction of sp³-hybridized carbons (Fsp3) is 0.480. The Bertz CT molecular complexity index is 848. The molecular weight excluding hydrogens is 394 g/mol. The third-order valence-electron chi connectivity index (χ3n) is 6.23. The Morgan fingerprint density at radius 3 is 2.19 bits per heavy atom. The van der Waals surface area contributed by atoms with Gasteiger partial charge >= 0.3 is 0 Å².